The van der Waals surface area contributed by atoms with Crippen LogP contribution in [0, 0.1) is 24.4 Å². The smallest absolute Gasteiger partial charge is 0.273 e. The second-order valence-electron chi connectivity index (χ2n) is 6.03. The molecule has 0 spiro atoms. The predicted octanol–water partition coefficient (Wildman–Crippen LogP) is 4.40. The number of para-hydroxylation sites is 1. The van der Waals surface area contributed by atoms with E-state index >= 15 is 0 Å². The van der Waals surface area contributed by atoms with Crippen LogP contribution in [0.5, 0.6) is 5.75 Å². The van der Waals surface area contributed by atoms with Crippen molar-refractivity contribution in [3.63, 3.8) is 0 Å². The molecule has 0 fully saturated rings. The summed E-state index contributed by atoms with van der Waals surface area (Å²) in [4.78, 5) is 12.7. The third-order valence-corrected chi connectivity index (χ3v) is 4.91. The van der Waals surface area contributed by atoms with Gasteiger partial charge in [0.15, 0.2) is 0 Å². The average Bonchev–Trinajstić information content (AvgIpc) is 2.66. The largest absolute Gasteiger partial charge is 0.487 e. The van der Waals surface area contributed by atoms with Crippen LogP contribution in [0.25, 0.3) is 5.69 Å². The lowest BCUT2D eigenvalue weighted by Crippen LogP contribution is -2.24. The first-order chi connectivity index (χ1) is 13.3. The molecule has 1 N–H and O–H groups in total. The zero-order valence-electron chi connectivity index (χ0n) is 14.7. The molecule has 8 heteroatoms. The Morgan fingerprint density at radius 3 is 2.39 bits per heavy atom. The molecular weight excluding hydrogens is 439 g/mol. The first kappa shape index (κ1) is 20.2. The van der Waals surface area contributed by atoms with E-state index in [0.717, 1.165) is 16.7 Å². The Hall–Kier alpha value is -2.58. The van der Waals surface area contributed by atoms with Crippen molar-refractivity contribution in [1.82, 2.24) is 4.57 Å². The quantitative estimate of drug-likeness (QED) is 0.622. The third-order valence-electron chi connectivity index (χ3n) is 4.18. The minimum atomic E-state index is -0.871. The second kappa shape index (κ2) is 8.20. The van der Waals surface area contributed by atoms with Crippen molar-refractivity contribution in [3.05, 3.63) is 91.6 Å². The summed E-state index contributed by atoms with van der Waals surface area (Å²) in [6, 6.07) is 8.69. The summed E-state index contributed by atoms with van der Waals surface area (Å²) in [6.07, 6.45) is 0. The minimum Gasteiger partial charge on any atom is -0.487 e. The van der Waals surface area contributed by atoms with Crippen molar-refractivity contribution < 1.29 is 23.0 Å². The number of aliphatic hydroxyl groups excluding tert-OH is 1. The fourth-order valence-corrected chi connectivity index (χ4v) is 3.21. The summed E-state index contributed by atoms with van der Waals surface area (Å²) >= 11 is 3.12. The number of halogens is 4. The highest BCUT2D eigenvalue weighted by Crippen LogP contribution is 2.27. The van der Waals surface area contributed by atoms with Gasteiger partial charge in [0.2, 0.25) is 0 Å². The number of pyridine rings is 1. The number of benzene rings is 2. The topological polar surface area (TPSA) is 51.5 Å². The number of aryl methyl sites for hydroxylation is 1. The molecule has 0 atom stereocenters. The van der Waals surface area contributed by atoms with Crippen molar-refractivity contribution in [2.45, 2.75) is 20.1 Å². The molecule has 0 aliphatic carbocycles. The van der Waals surface area contributed by atoms with E-state index in [-0.39, 0.29) is 29.1 Å². The van der Waals surface area contributed by atoms with Gasteiger partial charge in [-0.15, -0.1) is 0 Å². The summed E-state index contributed by atoms with van der Waals surface area (Å²) in [7, 11) is 0. The van der Waals surface area contributed by atoms with Crippen LogP contribution in [-0.2, 0) is 13.2 Å². The van der Waals surface area contributed by atoms with Crippen molar-refractivity contribution in [2.24, 2.45) is 0 Å². The van der Waals surface area contributed by atoms with Crippen LogP contribution in [0.3, 0.4) is 0 Å². The summed E-state index contributed by atoms with van der Waals surface area (Å²) in [5.74, 6) is -2.07. The highest BCUT2D eigenvalue weighted by molar-refractivity contribution is 9.10. The molecule has 0 aliphatic rings. The molecule has 0 saturated carbocycles. The van der Waals surface area contributed by atoms with Gasteiger partial charge in [-0.2, -0.15) is 0 Å². The molecule has 3 aromatic rings. The van der Waals surface area contributed by atoms with E-state index in [2.05, 4.69) is 15.9 Å². The van der Waals surface area contributed by atoms with Crippen LogP contribution in [0.1, 0.15) is 16.8 Å². The first-order valence-corrected chi connectivity index (χ1v) is 9.00. The number of rotatable bonds is 5. The van der Waals surface area contributed by atoms with Crippen LogP contribution < -0.4 is 10.3 Å². The van der Waals surface area contributed by atoms with Gasteiger partial charge in [0.05, 0.1) is 6.61 Å². The van der Waals surface area contributed by atoms with E-state index in [9.17, 15) is 23.1 Å². The highest BCUT2D eigenvalue weighted by atomic mass is 79.9. The molecular formula is C20H15BrF3NO3. The van der Waals surface area contributed by atoms with E-state index in [1.54, 1.807) is 0 Å². The minimum absolute atomic E-state index is 0.0200. The Balaban J connectivity index is 1.99. The van der Waals surface area contributed by atoms with E-state index in [1.165, 1.54) is 37.3 Å². The molecule has 1 heterocycles. The van der Waals surface area contributed by atoms with Crippen molar-refractivity contribution in [2.75, 3.05) is 0 Å². The van der Waals surface area contributed by atoms with Gasteiger partial charge >= 0.3 is 0 Å². The highest BCUT2D eigenvalue weighted by Gasteiger charge is 2.19. The summed E-state index contributed by atoms with van der Waals surface area (Å²) in [6.45, 7) is 1.11. The van der Waals surface area contributed by atoms with E-state index in [0.29, 0.717) is 11.1 Å². The maximum absolute atomic E-state index is 14.1. The van der Waals surface area contributed by atoms with E-state index in [1.807, 2.05) is 0 Å². The molecule has 4 nitrogen and oxygen atoms in total. The fourth-order valence-electron chi connectivity index (χ4n) is 2.80. The van der Waals surface area contributed by atoms with E-state index < -0.39 is 28.7 Å². The van der Waals surface area contributed by atoms with Crippen LogP contribution in [0.4, 0.5) is 13.2 Å². The lowest BCUT2D eigenvalue weighted by molar-refractivity contribution is 0.268. The Labute approximate surface area is 167 Å². The monoisotopic (exact) mass is 453 g/mol. The molecule has 0 radical (unpaired) electrons. The Kier molecular flexibility index (Phi) is 5.90. The van der Waals surface area contributed by atoms with Gasteiger partial charge in [-0.25, -0.2) is 13.2 Å². The van der Waals surface area contributed by atoms with Crippen LogP contribution in [0.15, 0.2) is 51.7 Å². The molecule has 2 aromatic carbocycles. The number of hydrogen-bond acceptors (Lipinski definition) is 3. The number of aromatic nitrogens is 1. The molecule has 0 aliphatic heterocycles. The van der Waals surface area contributed by atoms with Gasteiger partial charge in [-0.3, -0.25) is 9.36 Å². The van der Waals surface area contributed by atoms with Crippen molar-refractivity contribution in [3.8, 4) is 11.4 Å². The number of hydrogen-bond donors (Lipinski definition) is 1. The molecule has 0 bridgehead atoms. The maximum Gasteiger partial charge on any atom is 0.273 e. The van der Waals surface area contributed by atoms with Gasteiger partial charge in [-0.05, 0) is 58.2 Å². The fraction of sp³-hybridized carbons (Fsp3) is 0.150. The Morgan fingerprint density at radius 1 is 1.07 bits per heavy atom. The lowest BCUT2D eigenvalue weighted by atomic mass is 10.1. The molecule has 1 aromatic heterocycles. The molecule has 0 amide bonds. The molecule has 3 rings (SSSR count). The molecule has 146 valence electrons. The van der Waals surface area contributed by atoms with Crippen LogP contribution >= 0.6 is 15.9 Å². The number of ether oxygens (including phenoxy) is 1. The summed E-state index contributed by atoms with van der Waals surface area (Å²) in [5, 5.41) is 9.34. The third kappa shape index (κ3) is 3.83. The molecule has 0 saturated heterocycles. The predicted molar refractivity (Wildman–Crippen MR) is 101 cm³/mol. The van der Waals surface area contributed by atoms with Gasteiger partial charge in [0.25, 0.3) is 5.56 Å². The van der Waals surface area contributed by atoms with Gasteiger partial charge in [0, 0.05) is 11.8 Å². The van der Waals surface area contributed by atoms with Gasteiger partial charge < -0.3 is 9.84 Å². The van der Waals surface area contributed by atoms with Crippen LogP contribution in [-0.4, -0.2) is 9.67 Å². The number of nitrogens with zero attached hydrogens (tertiary/aromatic N) is 1. The standard InChI is InChI=1S/C20H15BrF3NO3/c1-11-7-17(28-10-12-5-6-14(22)8-13(12)9-26)18(21)20(27)25(11)19-15(23)3-2-4-16(19)24/h2-8,26H,9-10H2,1H3. The maximum atomic E-state index is 14.1. The number of aliphatic hydroxyl groups is 1. The van der Waals surface area contributed by atoms with Gasteiger partial charge in [0.1, 0.15) is 40.0 Å². The summed E-state index contributed by atoms with van der Waals surface area (Å²) < 4.78 is 48.0. The van der Waals surface area contributed by atoms with E-state index in [4.69, 9.17) is 4.74 Å². The van der Waals surface area contributed by atoms with Crippen molar-refractivity contribution >= 4 is 15.9 Å². The average molecular weight is 454 g/mol. The zero-order chi connectivity index (χ0) is 20.4. The van der Waals surface area contributed by atoms with Crippen LogP contribution in [0.2, 0.25) is 0 Å². The Morgan fingerprint density at radius 2 is 1.75 bits per heavy atom. The normalized spacial score (nSPS) is 10.9. The zero-order valence-corrected chi connectivity index (χ0v) is 16.3. The first-order valence-electron chi connectivity index (χ1n) is 8.21. The van der Waals surface area contributed by atoms with Gasteiger partial charge in [-0.1, -0.05) is 12.1 Å². The molecule has 0 unspecified atom stereocenters. The summed E-state index contributed by atoms with van der Waals surface area (Å²) in [5.41, 5.74) is -0.0140. The lowest BCUT2D eigenvalue weighted by Gasteiger charge is -2.16. The Bertz CT molecular complexity index is 1080. The van der Waals surface area contributed by atoms with Crippen molar-refractivity contribution in [1.29, 1.82) is 0 Å². The second-order valence-corrected chi connectivity index (χ2v) is 6.83. The SMILES string of the molecule is Cc1cc(OCc2ccc(F)cc2CO)c(Br)c(=O)n1-c1c(F)cccc1F. The molecule has 28 heavy (non-hydrogen) atoms.